The van der Waals surface area contributed by atoms with Crippen LogP contribution < -0.4 is 0 Å². The van der Waals surface area contributed by atoms with Crippen molar-refractivity contribution in [2.75, 3.05) is 26.8 Å². The maximum absolute atomic E-state index is 11.9. The summed E-state index contributed by atoms with van der Waals surface area (Å²) < 4.78 is 0. The molecule has 0 aliphatic heterocycles. The summed E-state index contributed by atoms with van der Waals surface area (Å²) in [6, 6.07) is 0. The van der Waals surface area contributed by atoms with Crippen LogP contribution in [0.4, 0.5) is 0 Å². The summed E-state index contributed by atoms with van der Waals surface area (Å²) in [5.74, 6) is -0.167. The molecule has 0 fully saturated rings. The summed E-state index contributed by atoms with van der Waals surface area (Å²) in [5.41, 5.74) is -0.681. The van der Waals surface area contributed by atoms with Crippen LogP contribution in [-0.4, -0.2) is 52.8 Å². The van der Waals surface area contributed by atoms with Gasteiger partial charge >= 0.3 is 0 Å². The van der Waals surface area contributed by atoms with Gasteiger partial charge in [-0.3, -0.25) is 4.79 Å². The van der Waals surface area contributed by atoms with E-state index in [1.807, 2.05) is 6.92 Å². The van der Waals surface area contributed by atoms with Crippen molar-refractivity contribution in [3.63, 3.8) is 0 Å². The Kier molecular flexibility index (Phi) is 5.65. The molecule has 0 aliphatic carbocycles. The molecule has 6 heteroatoms. The SMILES string of the molecule is Cc1ncc(/C=C/C(=O)N(C)CC(C)(CO)CO)s1. The molecule has 1 aromatic heterocycles. The predicted molar refractivity (Wildman–Crippen MR) is 75.8 cm³/mol. The van der Waals surface area contributed by atoms with Gasteiger partial charge in [0.15, 0.2) is 0 Å². The van der Waals surface area contributed by atoms with Gasteiger partial charge in [-0.05, 0) is 13.0 Å². The van der Waals surface area contributed by atoms with E-state index in [0.717, 1.165) is 9.88 Å². The summed E-state index contributed by atoms with van der Waals surface area (Å²) >= 11 is 1.51. The molecule has 0 atom stereocenters. The summed E-state index contributed by atoms with van der Waals surface area (Å²) in [5, 5.41) is 19.4. The van der Waals surface area contributed by atoms with Gasteiger partial charge in [0.2, 0.25) is 5.91 Å². The van der Waals surface area contributed by atoms with E-state index >= 15 is 0 Å². The van der Waals surface area contributed by atoms with Gasteiger partial charge < -0.3 is 15.1 Å². The number of aliphatic hydroxyl groups is 2. The first-order valence-electron chi connectivity index (χ1n) is 5.97. The van der Waals surface area contributed by atoms with Crippen LogP contribution >= 0.6 is 11.3 Å². The summed E-state index contributed by atoms with van der Waals surface area (Å²) in [6.07, 6.45) is 4.91. The fourth-order valence-corrected chi connectivity index (χ4v) is 2.22. The Morgan fingerprint density at radius 2 is 2.16 bits per heavy atom. The van der Waals surface area contributed by atoms with Gasteiger partial charge in [0.1, 0.15) is 0 Å². The minimum absolute atomic E-state index is 0.167. The Balaban J connectivity index is 2.60. The molecule has 5 nitrogen and oxygen atoms in total. The molecule has 0 aromatic carbocycles. The number of likely N-dealkylation sites (N-methyl/N-ethyl adjacent to an activating group) is 1. The highest BCUT2D eigenvalue weighted by Gasteiger charge is 2.25. The smallest absolute Gasteiger partial charge is 0.246 e. The zero-order valence-electron chi connectivity index (χ0n) is 11.5. The number of carbonyl (C=O) groups is 1. The van der Waals surface area contributed by atoms with Gasteiger partial charge in [-0.1, -0.05) is 6.92 Å². The van der Waals surface area contributed by atoms with E-state index in [4.69, 9.17) is 0 Å². The van der Waals surface area contributed by atoms with Gasteiger partial charge in [-0.2, -0.15) is 0 Å². The van der Waals surface area contributed by atoms with Crippen molar-refractivity contribution < 1.29 is 15.0 Å². The van der Waals surface area contributed by atoms with E-state index in [2.05, 4.69) is 4.98 Å². The van der Waals surface area contributed by atoms with Gasteiger partial charge in [0, 0.05) is 36.2 Å². The van der Waals surface area contributed by atoms with Crippen LogP contribution in [-0.2, 0) is 4.79 Å². The van der Waals surface area contributed by atoms with Crippen LogP contribution in [0.15, 0.2) is 12.3 Å². The Morgan fingerprint density at radius 1 is 1.53 bits per heavy atom. The van der Waals surface area contributed by atoms with E-state index in [0.29, 0.717) is 6.54 Å². The standard InChI is InChI=1S/C13H20N2O3S/c1-10-14-6-11(19-10)4-5-12(18)15(3)7-13(2,8-16)9-17/h4-6,16-17H,7-9H2,1-3H3/b5-4+. The number of nitrogens with zero attached hydrogens (tertiary/aromatic N) is 2. The molecule has 1 amide bonds. The highest BCUT2D eigenvalue weighted by Crippen LogP contribution is 2.16. The molecule has 0 aliphatic rings. The van der Waals surface area contributed by atoms with Crippen molar-refractivity contribution in [1.82, 2.24) is 9.88 Å². The Bertz CT molecular complexity index is 452. The number of aliphatic hydroxyl groups excluding tert-OH is 2. The molecule has 19 heavy (non-hydrogen) atoms. The minimum atomic E-state index is -0.681. The molecule has 0 spiro atoms. The number of amides is 1. The van der Waals surface area contributed by atoms with E-state index < -0.39 is 5.41 Å². The normalized spacial score (nSPS) is 12.1. The first-order valence-corrected chi connectivity index (χ1v) is 6.79. The van der Waals surface area contributed by atoms with Gasteiger partial charge in [0.25, 0.3) is 0 Å². The van der Waals surface area contributed by atoms with Crippen molar-refractivity contribution >= 4 is 23.3 Å². The molecule has 1 aromatic rings. The first kappa shape index (κ1) is 15.8. The van der Waals surface area contributed by atoms with Crippen molar-refractivity contribution in [3.8, 4) is 0 Å². The fourth-order valence-electron chi connectivity index (χ4n) is 1.54. The number of aryl methyl sites for hydroxylation is 1. The number of carbonyl (C=O) groups excluding carboxylic acids is 1. The lowest BCUT2D eigenvalue weighted by molar-refractivity contribution is -0.126. The van der Waals surface area contributed by atoms with E-state index in [1.54, 1.807) is 26.2 Å². The van der Waals surface area contributed by atoms with E-state index in [9.17, 15) is 15.0 Å². The van der Waals surface area contributed by atoms with E-state index in [1.165, 1.54) is 22.3 Å². The third-order valence-electron chi connectivity index (χ3n) is 2.79. The van der Waals surface area contributed by atoms with Crippen LogP contribution in [0.1, 0.15) is 16.8 Å². The average Bonchev–Trinajstić information content (AvgIpc) is 2.81. The van der Waals surface area contributed by atoms with Crippen molar-refractivity contribution in [3.05, 3.63) is 22.2 Å². The summed E-state index contributed by atoms with van der Waals surface area (Å²) in [4.78, 5) is 18.4. The highest BCUT2D eigenvalue weighted by atomic mass is 32.1. The molecule has 106 valence electrons. The molecule has 2 N–H and O–H groups in total. The van der Waals surface area contributed by atoms with Crippen molar-refractivity contribution in [2.45, 2.75) is 13.8 Å². The number of rotatable bonds is 6. The predicted octanol–water partition coefficient (Wildman–Crippen LogP) is 0.914. The van der Waals surface area contributed by atoms with Gasteiger partial charge in [-0.25, -0.2) is 4.98 Å². The first-order chi connectivity index (χ1) is 8.90. The topological polar surface area (TPSA) is 73.7 Å². The molecule has 0 radical (unpaired) electrons. The molecule has 1 heterocycles. The molecule has 0 saturated carbocycles. The second kappa shape index (κ2) is 6.79. The van der Waals surface area contributed by atoms with Crippen LogP contribution in [0.5, 0.6) is 0 Å². The Labute approximate surface area is 117 Å². The quantitative estimate of drug-likeness (QED) is 0.762. The summed E-state index contributed by atoms with van der Waals surface area (Å²) in [6.45, 7) is 3.60. The minimum Gasteiger partial charge on any atom is -0.396 e. The molecular weight excluding hydrogens is 264 g/mol. The maximum atomic E-state index is 11.9. The maximum Gasteiger partial charge on any atom is 0.246 e. The molecular formula is C13H20N2O3S. The summed E-state index contributed by atoms with van der Waals surface area (Å²) in [7, 11) is 1.65. The average molecular weight is 284 g/mol. The Hall–Kier alpha value is -1.24. The largest absolute Gasteiger partial charge is 0.396 e. The lowest BCUT2D eigenvalue weighted by atomic mass is 9.92. The van der Waals surface area contributed by atoms with Crippen LogP contribution in [0.25, 0.3) is 6.08 Å². The Morgan fingerprint density at radius 3 is 2.63 bits per heavy atom. The van der Waals surface area contributed by atoms with Crippen LogP contribution in [0.3, 0.4) is 0 Å². The number of aromatic nitrogens is 1. The lowest BCUT2D eigenvalue weighted by Crippen LogP contribution is -2.41. The van der Waals surface area contributed by atoms with Crippen LogP contribution in [0, 0.1) is 12.3 Å². The van der Waals surface area contributed by atoms with Gasteiger partial charge in [0.05, 0.1) is 18.2 Å². The van der Waals surface area contributed by atoms with Gasteiger partial charge in [-0.15, -0.1) is 11.3 Å². The lowest BCUT2D eigenvalue weighted by Gasteiger charge is -2.29. The van der Waals surface area contributed by atoms with Crippen molar-refractivity contribution in [1.29, 1.82) is 0 Å². The molecule has 0 unspecified atom stereocenters. The zero-order valence-corrected chi connectivity index (χ0v) is 12.3. The second-order valence-corrected chi connectivity index (χ2v) is 6.20. The second-order valence-electron chi connectivity index (χ2n) is 4.94. The number of hydrogen-bond acceptors (Lipinski definition) is 5. The number of thiazole rings is 1. The zero-order chi connectivity index (χ0) is 14.5. The molecule has 0 saturated heterocycles. The third kappa shape index (κ3) is 4.74. The monoisotopic (exact) mass is 284 g/mol. The molecule has 1 rings (SSSR count). The van der Waals surface area contributed by atoms with E-state index in [-0.39, 0.29) is 19.1 Å². The third-order valence-corrected chi connectivity index (χ3v) is 3.67. The highest BCUT2D eigenvalue weighted by molar-refractivity contribution is 7.12. The van der Waals surface area contributed by atoms with Crippen molar-refractivity contribution in [2.24, 2.45) is 5.41 Å². The number of hydrogen-bond donors (Lipinski definition) is 2. The fraction of sp³-hybridized carbons (Fsp3) is 0.538. The molecule has 0 bridgehead atoms. The van der Waals surface area contributed by atoms with Crippen LogP contribution in [0.2, 0.25) is 0 Å².